The lowest BCUT2D eigenvalue weighted by Crippen LogP contribution is -2.22. The molecule has 1 aliphatic rings. The van der Waals surface area contributed by atoms with E-state index in [0.717, 1.165) is 34.8 Å². The lowest BCUT2D eigenvalue weighted by molar-refractivity contribution is -0.121. The van der Waals surface area contributed by atoms with Crippen molar-refractivity contribution in [2.45, 2.75) is 39.2 Å². The number of carbonyl (C=O) groups excluding carboxylic acids is 2. The summed E-state index contributed by atoms with van der Waals surface area (Å²) in [7, 11) is 0. The van der Waals surface area contributed by atoms with Crippen LogP contribution in [0.3, 0.4) is 0 Å². The Kier molecular flexibility index (Phi) is 4.71. The quantitative estimate of drug-likeness (QED) is 0.856. The third-order valence-corrected chi connectivity index (χ3v) is 4.62. The van der Waals surface area contributed by atoms with Crippen LogP contribution in [-0.2, 0) is 29.0 Å². The zero-order valence-corrected chi connectivity index (χ0v) is 13.8. The highest BCUT2D eigenvalue weighted by Crippen LogP contribution is 2.24. The first kappa shape index (κ1) is 15.7. The van der Waals surface area contributed by atoms with Crippen LogP contribution in [0.4, 0.5) is 5.69 Å². The van der Waals surface area contributed by atoms with E-state index in [2.05, 4.69) is 21.7 Å². The van der Waals surface area contributed by atoms with E-state index >= 15 is 0 Å². The average molecular weight is 329 g/mol. The van der Waals surface area contributed by atoms with E-state index in [1.54, 1.807) is 11.3 Å². The molecule has 0 spiro atoms. The molecule has 0 radical (unpaired) electrons. The van der Waals surface area contributed by atoms with Crippen molar-refractivity contribution in [1.29, 1.82) is 0 Å². The molecule has 0 unspecified atom stereocenters. The minimum Gasteiger partial charge on any atom is -0.350 e. The molecule has 2 N–H and O–H groups in total. The molecule has 0 bridgehead atoms. The molecule has 1 aromatic heterocycles. The molecular weight excluding hydrogens is 310 g/mol. The number of rotatable bonds is 6. The molecule has 2 amide bonds. The number of aryl methyl sites for hydroxylation is 2. The predicted molar refractivity (Wildman–Crippen MR) is 90.4 cm³/mol. The number of aromatic nitrogens is 1. The van der Waals surface area contributed by atoms with Crippen LogP contribution < -0.4 is 10.6 Å². The molecule has 0 fully saturated rings. The van der Waals surface area contributed by atoms with E-state index in [4.69, 9.17) is 0 Å². The number of nitrogens with zero attached hydrogens (tertiary/aromatic N) is 1. The Labute approximate surface area is 139 Å². The zero-order valence-electron chi connectivity index (χ0n) is 13.0. The number of benzene rings is 1. The molecule has 0 saturated heterocycles. The lowest BCUT2D eigenvalue weighted by Gasteiger charge is -2.05. The molecule has 3 rings (SSSR count). The Morgan fingerprint density at radius 2 is 2.30 bits per heavy atom. The smallest absolute Gasteiger partial charge is 0.228 e. The molecule has 6 heteroatoms. The topological polar surface area (TPSA) is 71.1 Å². The fraction of sp³-hybridized carbons (Fsp3) is 0.353. The van der Waals surface area contributed by atoms with Crippen molar-refractivity contribution in [1.82, 2.24) is 10.3 Å². The van der Waals surface area contributed by atoms with Crippen LogP contribution in [0.25, 0.3) is 0 Å². The largest absolute Gasteiger partial charge is 0.350 e. The third kappa shape index (κ3) is 4.16. The maximum absolute atomic E-state index is 11.9. The van der Waals surface area contributed by atoms with Crippen LogP contribution in [-0.4, -0.2) is 16.8 Å². The van der Waals surface area contributed by atoms with Gasteiger partial charge in [-0.15, -0.1) is 11.3 Å². The van der Waals surface area contributed by atoms with E-state index in [1.807, 2.05) is 24.4 Å². The Hall–Kier alpha value is -2.21. The van der Waals surface area contributed by atoms with Gasteiger partial charge in [-0.1, -0.05) is 12.1 Å². The second-order valence-electron chi connectivity index (χ2n) is 5.70. The average Bonchev–Trinajstić information content (AvgIpc) is 3.09. The molecule has 2 heterocycles. The number of hydrogen-bond acceptors (Lipinski definition) is 4. The van der Waals surface area contributed by atoms with Gasteiger partial charge in [0.15, 0.2) is 0 Å². The van der Waals surface area contributed by atoms with Crippen molar-refractivity contribution in [2.24, 2.45) is 0 Å². The van der Waals surface area contributed by atoms with Gasteiger partial charge in [0.2, 0.25) is 11.8 Å². The molecule has 2 aromatic rings. The third-order valence-electron chi connectivity index (χ3n) is 3.80. The maximum Gasteiger partial charge on any atom is 0.228 e. The van der Waals surface area contributed by atoms with Crippen LogP contribution in [0.1, 0.15) is 34.7 Å². The highest BCUT2D eigenvalue weighted by molar-refractivity contribution is 7.09. The second kappa shape index (κ2) is 6.91. The summed E-state index contributed by atoms with van der Waals surface area (Å²) in [6.45, 7) is 2.45. The molecule has 120 valence electrons. The molecule has 5 nitrogen and oxygen atoms in total. The van der Waals surface area contributed by atoms with Gasteiger partial charge in [0, 0.05) is 17.5 Å². The van der Waals surface area contributed by atoms with Crippen molar-refractivity contribution >= 4 is 28.8 Å². The van der Waals surface area contributed by atoms with E-state index in [9.17, 15) is 9.59 Å². The predicted octanol–water partition coefficient (Wildman–Crippen LogP) is 2.59. The molecule has 23 heavy (non-hydrogen) atoms. The van der Waals surface area contributed by atoms with E-state index < -0.39 is 0 Å². The monoisotopic (exact) mass is 329 g/mol. The minimum absolute atomic E-state index is 0.0497. The van der Waals surface area contributed by atoms with E-state index in [-0.39, 0.29) is 11.8 Å². The Bertz CT molecular complexity index is 739. The normalized spacial score (nSPS) is 12.8. The van der Waals surface area contributed by atoms with Crippen LogP contribution in [0.15, 0.2) is 23.6 Å². The lowest BCUT2D eigenvalue weighted by atomic mass is 10.0. The van der Waals surface area contributed by atoms with Gasteiger partial charge in [-0.25, -0.2) is 4.98 Å². The van der Waals surface area contributed by atoms with Gasteiger partial charge in [-0.05, 0) is 37.0 Å². The number of fused-ring (bicyclic) bond motifs is 1. The van der Waals surface area contributed by atoms with Crippen molar-refractivity contribution in [3.05, 3.63) is 45.4 Å². The van der Waals surface area contributed by atoms with Crippen molar-refractivity contribution in [2.75, 3.05) is 5.32 Å². The summed E-state index contributed by atoms with van der Waals surface area (Å²) in [5.74, 6) is 0.0995. The van der Waals surface area contributed by atoms with Crippen LogP contribution >= 0.6 is 11.3 Å². The summed E-state index contributed by atoms with van der Waals surface area (Å²) >= 11 is 1.59. The maximum atomic E-state index is 11.9. The van der Waals surface area contributed by atoms with Crippen LogP contribution in [0.5, 0.6) is 0 Å². The highest BCUT2D eigenvalue weighted by atomic mass is 32.1. The van der Waals surface area contributed by atoms with Crippen molar-refractivity contribution in [3.63, 3.8) is 0 Å². The first-order valence-corrected chi connectivity index (χ1v) is 8.57. The van der Waals surface area contributed by atoms with Crippen molar-refractivity contribution < 1.29 is 9.59 Å². The summed E-state index contributed by atoms with van der Waals surface area (Å²) in [6.07, 6.45) is 2.58. The molecule has 0 saturated carbocycles. The SMILES string of the molecule is Cc1nc(CNC(=O)CCCc2ccc3c(c2)CC(=O)N3)cs1. The summed E-state index contributed by atoms with van der Waals surface area (Å²) in [5, 5.41) is 8.70. The Balaban J connectivity index is 1.42. The number of nitrogens with one attached hydrogen (secondary N) is 2. The Morgan fingerprint density at radius 3 is 3.09 bits per heavy atom. The van der Waals surface area contributed by atoms with Gasteiger partial charge >= 0.3 is 0 Å². The number of hydrogen-bond donors (Lipinski definition) is 2. The number of thiazole rings is 1. The number of carbonyl (C=O) groups is 2. The summed E-state index contributed by atoms with van der Waals surface area (Å²) in [4.78, 5) is 27.5. The first-order valence-electron chi connectivity index (χ1n) is 7.69. The van der Waals surface area contributed by atoms with Gasteiger partial charge < -0.3 is 10.6 Å². The molecule has 0 atom stereocenters. The second-order valence-corrected chi connectivity index (χ2v) is 6.77. The van der Waals surface area contributed by atoms with Gasteiger partial charge in [-0.3, -0.25) is 9.59 Å². The molecule has 1 aliphatic heterocycles. The van der Waals surface area contributed by atoms with E-state index in [1.165, 1.54) is 5.56 Å². The van der Waals surface area contributed by atoms with Crippen LogP contribution in [0, 0.1) is 6.92 Å². The van der Waals surface area contributed by atoms with Gasteiger partial charge in [0.1, 0.15) is 0 Å². The van der Waals surface area contributed by atoms with Gasteiger partial charge in [0.05, 0.1) is 23.7 Å². The number of anilines is 1. The summed E-state index contributed by atoms with van der Waals surface area (Å²) in [5.41, 5.74) is 4.05. The first-order chi connectivity index (χ1) is 11.1. The minimum atomic E-state index is 0.0497. The molecule has 0 aliphatic carbocycles. The standard InChI is InChI=1S/C17H19N3O2S/c1-11-19-14(10-23-11)9-18-16(21)4-2-3-12-5-6-15-13(7-12)8-17(22)20-15/h5-7,10H,2-4,8-9H2,1H3,(H,18,21)(H,20,22). The summed E-state index contributed by atoms with van der Waals surface area (Å²) < 4.78 is 0. The zero-order chi connectivity index (χ0) is 16.2. The highest BCUT2D eigenvalue weighted by Gasteiger charge is 2.17. The van der Waals surface area contributed by atoms with Crippen molar-refractivity contribution in [3.8, 4) is 0 Å². The van der Waals surface area contributed by atoms with E-state index in [0.29, 0.717) is 19.4 Å². The van der Waals surface area contributed by atoms with Gasteiger partial charge in [-0.2, -0.15) is 0 Å². The molecule has 1 aromatic carbocycles. The van der Waals surface area contributed by atoms with Gasteiger partial charge in [0.25, 0.3) is 0 Å². The summed E-state index contributed by atoms with van der Waals surface area (Å²) in [6, 6.07) is 6.02. The molecular formula is C17H19N3O2S. The van der Waals surface area contributed by atoms with Crippen LogP contribution in [0.2, 0.25) is 0 Å². The number of amides is 2. The fourth-order valence-corrected chi connectivity index (χ4v) is 3.27. The fourth-order valence-electron chi connectivity index (χ4n) is 2.66. The Morgan fingerprint density at radius 1 is 1.43 bits per heavy atom.